The maximum atomic E-state index is 13.0. The minimum absolute atomic E-state index is 0.296. The summed E-state index contributed by atoms with van der Waals surface area (Å²) < 4.78 is 18.0. The van der Waals surface area contributed by atoms with E-state index in [1.165, 1.54) is 12.1 Å². The molecule has 0 aromatic heterocycles. The second kappa shape index (κ2) is 4.22. The summed E-state index contributed by atoms with van der Waals surface area (Å²) in [6.07, 6.45) is 0.465. The normalized spacial score (nSPS) is 22.9. The van der Waals surface area contributed by atoms with E-state index in [0.717, 1.165) is 11.1 Å². The third-order valence-corrected chi connectivity index (χ3v) is 2.93. The summed E-state index contributed by atoms with van der Waals surface area (Å²) in [5, 5.41) is 0. The van der Waals surface area contributed by atoms with Gasteiger partial charge >= 0.3 is 5.97 Å². The Morgan fingerprint density at radius 2 is 2.38 bits per heavy atom. The molecule has 4 heteroatoms. The van der Waals surface area contributed by atoms with Crippen LogP contribution in [0.4, 0.5) is 4.39 Å². The monoisotopic (exact) mass is 223 g/mol. The number of carbonyl (C=O) groups is 1. The first-order chi connectivity index (χ1) is 7.63. The van der Waals surface area contributed by atoms with Gasteiger partial charge in [0.25, 0.3) is 0 Å². The zero-order valence-electron chi connectivity index (χ0n) is 9.07. The Balaban J connectivity index is 2.23. The Bertz CT molecular complexity index is 419. The van der Waals surface area contributed by atoms with Crippen molar-refractivity contribution in [1.29, 1.82) is 0 Å². The summed E-state index contributed by atoms with van der Waals surface area (Å²) in [5.41, 5.74) is 7.61. The van der Waals surface area contributed by atoms with Crippen LogP contribution in [-0.2, 0) is 16.0 Å². The van der Waals surface area contributed by atoms with Crippen LogP contribution in [0.1, 0.15) is 24.1 Å². The molecule has 2 atom stereocenters. The SMILES string of the molecule is CCOC(=O)[C@@H]1Cc2cc(F)ccc2[C@@H]1N. The molecule has 2 N–H and O–H groups in total. The summed E-state index contributed by atoms with van der Waals surface area (Å²) >= 11 is 0. The Morgan fingerprint density at radius 1 is 1.62 bits per heavy atom. The van der Waals surface area contributed by atoms with Gasteiger partial charge in [-0.2, -0.15) is 0 Å². The van der Waals surface area contributed by atoms with Crippen LogP contribution in [0, 0.1) is 11.7 Å². The van der Waals surface area contributed by atoms with Gasteiger partial charge in [0.15, 0.2) is 0 Å². The van der Waals surface area contributed by atoms with E-state index < -0.39 is 0 Å². The molecule has 86 valence electrons. The van der Waals surface area contributed by atoms with Crippen molar-refractivity contribution in [3.63, 3.8) is 0 Å². The van der Waals surface area contributed by atoms with E-state index in [-0.39, 0.29) is 23.7 Å². The molecule has 1 aliphatic rings. The lowest BCUT2D eigenvalue weighted by molar-refractivity contribution is -0.148. The van der Waals surface area contributed by atoms with E-state index in [0.29, 0.717) is 13.0 Å². The van der Waals surface area contributed by atoms with Crippen molar-refractivity contribution in [2.45, 2.75) is 19.4 Å². The fraction of sp³-hybridized carbons (Fsp3) is 0.417. The zero-order chi connectivity index (χ0) is 11.7. The number of fused-ring (bicyclic) bond motifs is 1. The number of ether oxygens (including phenoxy) is 1. The molecule has 0 heterocycles. The minimum Gasteiger partial charge on any atom is -0.466 e. The van der Waals surface area contributed by atoms with E-state index in [9.17, 15) is 9.18 Å². The summed E-state index contributed by atoms with van der Waals surface area (Å²) in [6.45, 7) is 2.10. The molecule has 1 aromatic rings. The molecular weight excluding hydrogens is 209 g/mol. The van der Waals surface area contributed by atoms with Gasteiger partial charge in [0.2, 0.25) is 0 Å². The standard InChI is InChI=1S/C12H14FNO2/c1-2-16-12(15)10-6-7-5-8(13)3-4-9(7)11(10)14/h3-5,10-11H,2,6,14H2,1H3/t10-,11+/m1/s1. The molecule has 16 heavy (non-hydrogen) atoms. The van der Waals surface area contributed by atoms with E-state index >= 15 is 0 Å². The van der Waals surface area contributed by atoms with Crippen molar-refractivity contribution in [2.24, 2.45) is 11.7 Å². The number of nitrogens with two attached hydrogens (primary N) is 1. The molecule has 0 aliphatic heterocycles. The molecule has 0 saturated carbocycles. The number of rotatable bonds is 2. The number of halogens is 1. The Morgan fingerprint density at radius 3 is 3.06 bits per heavy atom. The lowest BCUT2D eigenvalue weighted by Crippen LogP contribution is -2.26. The largest absolute Gasteiger partial charge is 0.466 e. The molecule has 0 unspecified atom stereocenters. The Hall–Kier alpha value is -1.42. The molecule has 1 aromatic carbocycles. The lowest BCUT2D eigenvalue weighted by Gasteiger charge is -2.13. The van der Waals surface area contributed by atoms with Gasteiger partial charge in [0, 0.05) is 6.04 Å². The molecule has 0 amide bonds. The number of hydrogen-bond donors (Lipinski definition) is 1. The lowest BCUT2D eigenvalue weighted by atomic mass is 10.0. The maximum Gasteiger partial charge on any atom is 0.311 e. The summed E-state index contributed by atoms with van der Waals surface area (Å²) in [4.78, 5) is 11.6. The molecule has 1 aliphatic carbocycles. The topological polar surface area (TPSA) is 52.3 Å². The average molecular weight is 223 g/mol. The fourth-order valence-corrected chi connectivity index (χ4v) is 2.14. The molecule has 3 nitrogen and oxygen atoms in total. The molecule has 0 saturated heterocycles. The van der Waals surface area contributed by atoms with Crippen LogP contribution in [0.2, 0.25) is 0 Å². The molecule has 0 bridgehead atoms. The third-order valence-electron chi connectivity index (χ3n) is 2.93. The molecule has 0 fully saturated rings. The van der Waals surface area contributed by atoms with Gasteiger partial charge < -0.3 is 10.5 Å². The van der Waals surface area contributed by atoms with Gasteiger partial charge in [-0.3, -0.25) is 4.79 Å². The van der Waals surface area contributed by atoms with Crippen molar-refractivity contribution in [1.82, 2.24) is 0 Å². The first-order valence-electron chi connectivity index (χ1n) is 5.34. The molecular formula is C12H14FNO2. The van der Waals surface area contributed by atoms with Gasteiger partial charge in [-0.15, -0.1) is 0 Å². The van der Waals surface area contributed by atoms with Gasteiger partial charge in [-0.05, 0) is 36.6 Å². The first-order valence-corrected chi connectivity index (χ1v) is 5.34. The maximum absolute atomic E-state index is 13.0. The number of carbonyl (C=O) groups excluding carboxylic acids is 1. The fourth-order valence-electron chi connectivity index (χ4n) is 2.14. The quantitative estimate of drug-likeness (QED) is 0.774. The van der Waals surface area contributed by atoms with Crippen LogP contribution in [0.5, 0.6) is 0 Å². The summed E-state index contributed by atoms with van der Waals surface area (Å²) in [6, 6.07) is 4.07. The van der Waals surface area contributed by atoms with Crippen LogP contribution >= 0.6 is 0 Å². The van der Waals surface area contributed by atoms with Crippen molar-refractivity contribution in [3.05, 3.63) is 35.1 Å². The zero-order valence-corrected chi connectivity index (χ0v) is 9.07. The number of hydrogen-bond acceptors (Lipinski definition) is 3. The first kappa shape index (κ1) is 11.1. The minimum atomic E-state index is -0.380. The van der Waals surface area contributed by atoms with Crippen molar-refractivity contribution < 1.29 is 13.9 Å². The van der Waals surface area contributed by atoms with Crippen LogP contribution in [0.3, 0.4) is 0 Å². The van der Waals surface area contributed by atoms with E-state index in [1.54, 1.807) is 13.0 Å². The van der Waals surface area contributed by atoms with E-state index in [2.05, 4.69) is 0 Å². The number of benzene rings is 1. The smallest absolute Gasteiger partial charge is 0.311 e. The highest BCUT2D eigenvalue weighted by molar-refractivity contribution is 5.75. The second-order valence-corrected chi connectivity index (χ2v) is 3.93. The molecule has 2 rings (SSSR count). The highest BCUT2D eigenvalue weighted by Crippen LogP contribution is 2.35. The van der Waals surface area contributed by atoms with Crippen molar-refractivity contribution in [2.75, 3.05) is 6.61 Å². The highest BCUT2D eigenvalue weighted by Gasteiger charge is 2.35. The average Bonchev–Trinajstić information content (AvgIpc) is 2.56. The van der Waals surface area contributed by atoms with Gasteiger partial charge in [-0.25, -0.2) is 4.39 Å². The predicted molar refractivity (Wildman–Crippen MR) is 57.2 cm³/mol. The van der Waals surface area contributed by atoms with Crippen molar-refractivity contribution >= 4 is 5.97 Å². The molecule has 0 spiro atoms. The predicted octanol–water partition coefficient (Wildman–Crippen LogP) is 1.56. The van der Waals surface area contributed by atoms with Crippen LogP contribution < -0.4 is 5.73 Å². The van der Waals surface area contributed by atoms with Crippen molar-refractivity contribution in [3.8, 4) is 0 Å². The number of esters is 1. The van der Waals surface area contributed by atoms with Gasteiger partial charge in [0.05, 0.1) is 12.5 Å². The molecule has 0 radical (unpaired) electrons. The third kappa shape index (κ3) is 1.80. The highest BCUT2D eigenvalue weighted by atomic mass is 19.1. The van der Waals surface area contributed by atoms with Gasteiger partial charge in [0.1, 0.15) is 5.82 Å². The van der Waals surface area contributed by atoms with E-state index in [4.69, 9.17) is 10.5 Å². The van der Waals surface area contributed by atoms with Gasteiger partial charge in [-0.1, -0.05) is 6.07 Å². The van der Waals surface area contributed by atoms with Crippen LogP contribution in [0.25, 0.3) is 0 Å². The van der Waals surface area contributed by atoms with Crippen LogP contribution in [-0.4, -0.2) is 12.6 Å². The summed E-state index contributed by atoms with van der Waals surface area (Å²) in [5.74, 6) is -0.973. The Kier molecular flexibility index (Phi) is 2.92. The summed E-state index contributed by atoms with van der Waals surface area (Å²) in [7, 11) is 0. The van der Waals surface area contributed by atoms with Crippen LogP contribution in [0.15, 0.2) is 18.2 Å². The second-order valence-electron chi connectivity index (χ2n) is 3.93. The Labute approximate surface area is 93.4 Å². The van der Waals surface area contributed by atoms with E-state index in [1.807, 2.05) is 0 Å².